The molecule has 2 rings (SSSR count). The Hall–Kier alpha value is -2.40. The van der Waals surface area contributed by atoms with Gasteiger partial charge in [0.15, 0.2) is 5.25 Å². The van der Waals surface area contributed by atoms with Gasteiger partial charge >= 0.3 is 11.9 Å². The SMILES string of the molecule is COC(=O)CC[S+](CCC(=O)OC)C(c1ccccc1)c1cccc(COS(=O)(=O)[O-])c1. The maximum Gasteiger partial charge on any atom is 0.310 e. The number of carbonyl (C=O) groups is 2. The first kappa shape index (κ1) is 25.9. The summed E-state index contributed by atoms with van der Waals surface area (Å²) in [7, 11) is -2.62. The van der Waals surface area contributed by atoms with Crippen LogP contribution >= 0.6 is 0 Å². The maximum absolute atomic E-state index is 11.8. The van der Waals surface area contributed by atoms with Crippen molar-refractivity contribution in [2.75, 3.05) is 25.7 Å². The summed E-state index contributed by atoms with van der Waals surface area (Å²) in [5.74, 6) is 0.322. The first-order chi connectivity index (χ1) is 15.2. The molecule has 0 bridgehead atoms. The lowest BCUT2D eigenvalue weighted by molar-refractivity contribution is -0.140. The smallest absolute Gasteiger partial charge is 0.310 e. The van der Waals surface area contributed by atoms with E-state index in [1.54, 1.807) is 18.2 Å². The van der Waals surface area contributed by atoms with E-state index in [0.29, 0.717) is 17.1 Å². The van der Waals surface area contributed by atoms with Crippen LogP contribution in [-0.4, -0.2) is 50.6 Å². The summed E-state index contributed by atoms with van der Waals surface area (Å²) >= 11 is 0. The van der Waals surface area contributed by atoms with E-state index in [1.165, 1.54) is 14.2 Å². The lowest BCUT2D eigenvalue weighted by Crippen LogP contribution is -2.25. The van der Waals surface area contributed by atoms with Crippen molar-refractivity contribution in [1.29, 1.82) is 0 Å². The summed E-state index contributed by atoms with van der Waals surface area (Å²) in [6, 6.07) is 16.7. The Morgan fingerprint density at radius 2 is 1.47 bits per heavy atom. The minimum atomic E-state index is -4.82. The third-order valence-electron chi connectivity index (χ3n) is 4.65. The zero-order chi connectivity index (χ0) is 23.6. The number of methoxy groups -OCH3 is 2. The number of hydrogen-bond acceptors (Lipinski definition) is 8. The molecule has 0 amide bonds. The fourth-order valence-electron chi connectivity index (χ4n) is 3.16. The van der Waals surface area contributed by atoms with E-state index in [-0.39, 0.29) is 36.6 Å². The Morgan fingerprint density at radius 1 is 0.906 bits per heavy atom. The zero-order valence-corrected chi connectivity index (χ0v) is 19.5. The summed E-state index contributed by atoms with van der Waals surface area (Å²) < 4.78 is 46.5. The number of hydrogen-bond donors (Lipinski definition) is 0. The summed E-state index contributed by atoms with van der Waals surface area (Å²) in [6.45, 7) is -0.376. The molecule has 1 atom stereocenters. The topological polar surface area (TPSA) is 119 Å². The van der Waals surface area contributed by atoms with Crippen LogP contribution in [0.2, 0.25) is 0 Å². The molecule has 0 N–H and O–H groups in total. The molecule has 2 aromatic rings. The van der Waals surface area contributed by atoms with Crippen molar-refractivity contribution in [3.05, 3.63) is 71.3 Å². The molecule has 0 spiro atoms. The molecule has 0 heterocycles. The zero-order valence-electron chi connectivity index (χ0n) is 17.9. The summed E-state index contributed by atoms with van der Waals surface area (Å²) in [5, 5.41) is -0.172. The van der Waals surface area contributed by atoms with E-state index in [1.807, 2.05) is 36.4 Å². The van der Waals surface area contributed by atoms with Crippen molar-refractivity contribution >= 4 is 33.2 Å². The van der Waals surface area contributed by atoms with Gasteiger partial charge in [0.2, 0.25) is 10.4 Å². The van der Waals surface area contributed by atoms with Gasteiger partial charge in [-0.3, -0.25) is 13.8 Å². The van der Waals surface area contributed by atoms with Crippen LogP contribution in [0, 0.1) is 0 Å². The molecule has 0 saturated heterocycles. The highest BCUT2D eigenvalue weighted by Gasteiger charge is 2.35. The van der Waals surface area contributed by atoms with Gasteiger partial charge in [0.05, 0.1) is 33.7 Å². The quantitative estimate of drug-likeness (QED) is 0.196. The van der Waals surface area contributed by atoms with Crippen LogP contribution in [0.25, 0.3) is 0 Å². The van der Waals surface area contributed by atoms with Crippen LogP contribution in [0.3, 0.4) is 0 Å². The molecule has 10 heteroatoms. The molecule has 1 unspecified atom stereocenters. The molecule has 8 nitrogen and oxygen atoms in total. The van der Waals surface area contributed by atoms with Gasteiger partial charge < -0.3 is 14.0 Å². The van der Waals surface area contributed by atoms with Crippen molar-refractivity contribution < 1.29 is 36.2 Å². The minimum absolute atomic E-state index is 0.172. The lowest BCUT2D eigenvalue weighted by atomic mass is 10.0. The Morgan fingerprint density at radius 3 is 2.00 bits per heavy atom. The largest absolute Gasteiger partial charge is 0.726 e. The molecule has 2 aromatic carbocycles. The molecule has 174 valence electrons. The van der Waals surface area contributed by atoms with Crippen molar-refractivity contribution in [1.82, 2.24) is 0 Å². The predicted octanol–water partition coefficient (Wildman–Crippen LogP) is 2.50. The van der Waals surface area contributed by atoms with E-state index >= 15 is 0 Å². The second-order valence-electron chi connectivity index (χ2n) is 6.80. The first-order valence-electron chi connectivity index (χ1n) is 9.77. The van der Waals surface area contributed by atoms with Crippen LogP contribution in [0.4, 0.5) is 0 Å². The summed E-state index contributed by atoms with van der Waals surface area (Å²) in [6.07, 6.45) is 0.392. The van der Waals surface area contributed by atoms with Gasteiger partial charge in [-0.2, -0.15) is 0 Å². The normalized spacial score (nSPS) is 12.4. The monoisotopic (exact) mass is 482 g/mol. The molecule has 32 heavy (non-hydrogen) atoms. The van der Waals surface area contributed by atoms with E-state index in [0.717, 1.165) is 11.1 Å². The average molecular weight is 483 g/mol. The van der Waals surface area contributed by atoms with Crippen molar-refractivity contribution in [3.8, 4) is 0 Å². The third kappa shape index (κ3) is 8.62. The van der Waals surface area contributed by atoms with Gasteiger partial charge in [0, 0.05) is 22.0 Å². The maximum atomic E-state index is 11.8. The van der Waals surface area contributed by atoms with Crippen molar-refractivity contribution in [2.45, 2.75) is 24.7 Å². The van der Waals surface area contributed by atoms with Crippen LogP contribution in [0.5, 0.6) is 0 Å². The molecule has 0 aliphatic heterocycles. The molecular weight excluding hydrogens is 456 g/mol. The molecule has 0 saturated carbocycles. The Bertz CT molecular complexity index is 972. The van der Waals surface area contributed by atoms with E-state index in [9.17, 15) is 22.6 Å². The molecule has 0 radical (unpaired) electrons. The molecule has 0 aromatic heterocycles. The molecular formula is C22H26O8S2. The van der Waals surface area contributed by atoms with Crippen LogP contribution in [0.15, 0.2) is 54.6 Å². The van der Waals surface area contributed by atoms with E-state index in [4.69, 9.17) is 9.47 Å². The summed E-state index contributed by atoms with van der Waals surface area (Å²) in [5.41, 5.74) is 2.37. The van der Waals surface area contributed by atoms with Crippen molar-refractivity contribution in [3.63, 3.8) is 0 Å². The molecule has 0 aliphatic carbocycles. The van der Waals surface area contributed by atoms with Crippen molar-refractivity contribution in [2.24, 2.45) is 0 Å². The van der Waals surface area contributed by atoms with E-state index in [2.05, 4.69) is 4.18 Å². The van der Waals surface area contributed by atoms with Gasteiger partial charge in [0.1, 0.15) is 11.5 Å². The predicted molar refractivity (Wildman–Crippen MR) is 120 cm³/mol. The van der Waals surface area contributed by atoms with Crippen LogP contribution in [0.1, 0.15) is 34.8 Å². The summed E-state index contributed by atoms with van der Waals surface area (Å²) in [4.78, 5) is 23.7. The van der Waals surface area contributed by atoms with Gasteiger partial charge in [-0.1, -0.05) is 48.5 Å². The second-order valence-corrected chi connectivity index (χ2v) is 10.2. The fraction of sp³-hybridized carbons (Fsp3) is 0.364. The number of benzene rings is 2. The lowest BCUT2D eigenvalue weighted by Gasteiger charge is -2.21. The highest BCUT2D eigenvalue weighted by Crippen LogP contribution is 2.34. The first-order valence-corrected chi connectivity index (χ1v) is 12.7. The molecule has 0 fully saturated rings. The van der Waals surface area contributed by atoms with Crippen LogP contribution < -0.4 is 0 Å². The number of carbonyl (C=O) groups excluding carboxylic acids is 2. The second kappa shape index (κ2) is 12.6. The number of esters is 2. The number of ether oxygens (including phenoxy) is 2. The highest BCUT2D eigenvalue weighted by molar-refractivity contribution is 7.97. The van der Waals surface area contributed by atoms with Gasteiger partial charge in [0.25, 0.3) is 0 Å². The third-order valence-corrected chi connectivity index (χ3v) is 7.73. The van der Waals surface area contributed by atoms with E-state index < -0.39 is 21.3 Å². The Balaban J connectivity index is 2.42. The average Bonchev–Trinajstić information content (AvgIpc) is 2.79. The number of rotatable bonds is 12. The van der Waals surface area contributed by atoms with Crippen LogP contribution in [-0.2, 0) is 51.1 Å². The van der Waals surface area contributed by atoms with Gasteiger partial charge in [-0.05, 0) is 11.6 Å². The highest BCUT2D eigenvalue weighted by atomic mass is 32.3. The Kier molecular flexibility index (Phi) is 10.2. The van der Waals surface area contributed by atoms with Gasteiger partial charge in [-0.15, -0.1) is 0 Å². The molecule has 0 aliphatic rings. The Labute approximate surface area is 191 Å². The fourth-order valence-corrected chi connectivity index (χ4v) is 6.05. The van der Waals surface area contributed by atoms with Gasteiger partial charge in [-0.25, -0.2) is 8.42 Å². The minimum Gasteiger partial charge on any atom is -0.726 e. The standard InChI is InChI=1S/C22H26O8S2/c1-28-20(23)11-13-31(14-12-21(24)29-2)22(18-8-4-3-5-9-18)19-10-6-7-17(15-19)16-30-32(25,26)27/h3-10,15,22H,11-14,16H2,1-2H3.